The van der Waals surface area contributed by atoms with E-state index in [4.69, 9.17) is 5.11 Å². The Bertz CT molecular complexity index is 296. The largest absolute Gasteiger partial charge is 0.481 e. The molecule has 0 heterocycles. The van der Waals surface area contributed by atoms with Crippen LogP contribution >= 0.6 is 0 Å². The van der Waals surface area contributed by atoms with Crippen molar-refractivity contribution in [3.63, 3.8) is 0 Å². The first-order chi connectivity index (χ1) is 8.09. The lowest BCUT2D eigenvalue weighted by atomic mass is 9.97. The maximum atomic E-state index is 11.5. The third-order valence-electron chi connectivity index (χ3n) is 3.30. The number of carbonyl (C=O) groups is 3. The van der Waals surface area contributed by atoms with Crippen molar-refractivity contribution in [2.45, 2.75) is 57.8 Å². The van der Waals surface area contributed by atoms with E-state index >= 15 is 0 Å². The van der Waals surface area contributed by atoms with Gasteiger partial charge in [0.25, 0.3) is 0 Å². The number of hydrogen-bond acceptors (Lipinski definition) is 3. The number of carboxylic acid groups (broad SMARTS) is 1. The summed E-state index contributed by atoms with van der Waals surface area (Å²) in [5.74, 6) is -0.231. The second kappa shape index (κ2) is 7.20. The number of hydrogen-bond donors (Lipinski definition) is 1. The highest BCUT2D eigenvalue weighted by molar-refractivity contribution is 5.84. The van der Waals surface area contributed by atoms with Crippen LogP contribution in [0.1, 0.15) is 57.8 Å². The van der Waals surface area contributed by atoms with Gasteiger partial charge in [-0.3, -0.25) is 14.4 Å². The number of Topliss-reactive ketones (excluding diaryl/α,β-unsaturated/α-hetero) is 2. The molecule has 1 rings (SSSR count). The molecule has 1 aliphatic carbocycles. The normalized spacial score (nSPS) is 19.5. The lowest BCUT2D eigenvalue weighted by Gasteiger charge is -2.06. The number of unbranched alkanes of at least 4 members (excludes halogenated alkanes) is 1. The fourth-order valence-corrected chi connectivity index (χ4v) is 2.25. The molecule has 0 saturated heterocycles. The summed E-state index contributed by atoms with van der Waals surface area (Å²) in [6, 6.07) is 0. The van der Waals surface area contributed by atoms with Crippen LogP contribution in [0.2, 0.25) is 0 Å². The Morgan fingerprint density at radius 3 is 2.47 bits per heavy atom. The molecule has 1 atom stereocenters. The minimum atomic E-state index is -0.811. The number of rotatable bonds is 8. The molecule has 0 aromatic carbocycles. The van der Waals surface area contributed by atoms with Gasteiger partial charge in [-0.1, -0.05) is 0 Å². The third kappa shape index (κ3) is 5.61. The lowest BCUT2D eigenvalue weighted by molar-refractivity contribution is -0.137. The van der Waals surface area contributed by atoms with Gasteiger partial charge >= 0.3 is 5.97 Å². The van der Waals surface area contributed by atoms with E-state index in [1.165, 1.54) is 0 Å². The molecule has 1 unspecified atom stereocenters. The van der Waals surface area contributed by atoms with E-state index in [2.05, 4.69) is 0 Å². The Morgan fingerprint density at radius 1 is 1.18 bits per heavy atom. The van der Waals surface area contributed by atoms with Crippen molar-refractivity contribution in [2.24, 2.45) is 5.92 Å². The van der Waals surface area contributed by atoms with Crippen molar-refractivity contribution in [3.8, 4) is 0 Å². The van der Waals surface area contributed by atoms with E-state index < -0.39 is 5.97 Å². The number of carboxylic acids is 1. The van der Waals surface area contributed by atoms with Gasteiger partial charge in [-0.25, -0.2) is 0 Å². The molecule has 0 aromatic heterocycles. The molecular weight excluding hydrogens is 220 g/mol. The summed E-state index contributed by atoms with van der Waals surface area (Å²) >= 11 is 0. The van der Waals surface area contributed by atoms with Gasteiger partial charge in [-0.05, 0) is 32.1 Å². The van der Waals surface area contributed by atoms with Crippen molar-refractivity contribution < 1.29 is 19.5 Å². The lowest BCUT2D eigenvalue weighted by Crippen LogP contribution is -2.09. The second-order valence-corrected chi connectivity index (χ2v) is 4.73. The van der Waals surface area contributed by atoms with E-state index in [9.17, 15) is 14.4 Å². The van der Waals surface area contributed by atoms with Crippen LogP contribution in [0.5, 0.6) is 0 Å². The van der Waals surface area contributed by atoms with E-state index in [1.807, 2.05) is 0 Å². The fourth-order valence-electron chi connectivity index (χ4n) is 2.25. The van der Waals surface area contributed by atoms with Gasteiger partial charge in [0.1, 0.15) is 11.6 Å². The van der Waals surface area contributed by atoms with Crippen LogP contribution in [0.15, 0.2) is 0 Å². The Morgan fingerprint density at radius 2 is 1.88 bits per heavy atom. The van der Waals surface area contributed by atoms with Gasteiger partial charge in [0.2, 0.25) is 0 Å². The molecular formula is C13H20O4. The van der Waals surface area contributed by atoms with Gasteiger partial charge < -0.3 is 5.11 Å². The first-order valence-electron chi connectivity index (χ1n) is 6.36. The van der Waals surface area contributed by atoms with Crippen LogP contribution in [0, 0.1) is 5.92 Å². The molecule has 0 bridgehead atoms. The number of carbonyl (C=O) groups excluding carboxylic acids is 2. The molecule has 1 saturated carbocycles. The van der Waals surface area contributed by atoms with Crippen molar-refractivity contribution in [3.05, 3.63) is 0 Å². The molecule has 0 aromatic rings. The van der Waals surface area contributed by atoms with E-state index in [0.717, 1.165) is 12.8 Å². The van der Waals surface area contributed by atoms with Gasteiger partial charge in [0, 0.05) is 31.6 Å². The zero-order valence-corrected chi connectivity index (χ0v) is 10.1. The van der Waals surface area contributed by atoms with E-state index in [-0.39, 0.29) is 18.1 Å². The smallest absolute Gasteiger partial charge is 0.303 e. The zero-order chi connectivity index (χ0) is 12.7. The SMILES string of the molecule is O=C(O)CCCCC(=O)CCC1CCCC1=O. The van der Waals surface area contributed by atoms with E-state index in [1.54, 1.807) is 0 Å². The van der Waals surface area contributed by atoms with Crippen LogP contribution in [0.25, 0.3) is 0 Å². The highest BCUT2D eigenvalue weighted by atomic mass is 16.4. The van der Waals surface area contributed by atoms with Gasteiger partial charge in [-0.2, -0.15) is 0 Å². The molecule has 96 valence electrons. The first kappa shape index (κ1) is 13.9. The van der Waals surface area contributed by atoms with Crippen LogP contribution < -0.4 is 0 Å². The van der Waals surface area contributed by atoms with Crippen molar-refractivity contribution in [1.29, 1.82) is 0 Å². The Balaban J connectivity index is 2.05. The average molecular weight is 240 g/mol. The molecule has 0 radical (unpaired) electrons. The topological polar surface area (TPSA) is 71.4 Å². The highest BCUT2D eigenvalue weighted by Gasteiger charge is 2.24. The summed E-state index contributed by atoms with van der Waals surface area (Å²) in [5, 5.41) is 8.43. The number of aliphatic carboxylic acids is 1. The van der Waals surface area contributed by atoms with Crippen molar-refractivity contribution in [2.75, 3.05) is 0 Å². The monoisotopic (exact) mass is 240 g/mol. The predicted molar refractivity (Wildman–Crippen MR) is 62.7 cm³/mol. The maximum absolute atomic E-state index is 11.5. The predicted octanol–water partition coefficient (Wildman–Crippen LogP) is 2.35. The minimum Gasteiger partial charge on any atom is -0.481 e. The van der Waals surface area contributed by atoms with Crippen molar-refractivity contribution >= 4 is 17.5 Å². The summed E-state index contributed by atoms with van der Waals surface area (Å²) in [7, 11) is 0. The minimum absolute atomic E-state index is 0.109. The van der Waals surface area contributed by atoms with Crippen LogP contribution in [-0.2, 0) is 14.4 Å². The van der Waals surface area contributed by atoms with Crippen LogP contribution in [-0.4, -0.2) is 22.6 Å². The zero-order valence-electron chi connectivity index (χ0n) is 10.1. The Hall–Kier alpha value is -1.19. The quantitative estimate of drug-likeness (QED) is 0.661. The summed E-state index contributed by atoms with van der Waals surface area (Å²) in [4.78, 5) is 33.1. The first-order valence-corrected chi connectivity index (χ1v) is 6.36. The summed E-state index contributed by atoms with van der Waals surface area (Å²) in [6.07, 6.45) is 5.54. The molecule has 4 heteroatoms. The molecule has 4 nitrogen and oxygen atoms in total. The molecule has 1 fully saturated rings. The van der Waals surface area contributed by atoms with Crippen LogP contribution in [0.4, 0.5) is 0 Å². The third-order valence-corrected chi connectivity index (χ3v) is 3.30. The van der Waals surface area contributed by atoms with Gasteiger partial charge in [0.15, 0.2) is 0 Å². The second-order valence-electron chi connectivity index (χ2n) is 4.73. The fraction of sp³-hybridized carbons (Fsp3) is 0.769. The molecule has 1 aliphatic rings. The van der Waals surface area contributed by atoms with Crippen molar-refractivity contribution in [1.82, 2.24) is 0 Å². The number of ketones is 2. The molecule has 0 spiro atoms. The molecule has 0 aliphatic heterocycles. The Labute approximate surface area is 101 Å². The standard InChI is InChI=1S/C13H20O4/c14-11(5-1-2-7-13(16)17)9-8-10-4-3-6-12(10)15/h10H,1-9H2,(H,16,17). The summed E-state index contributed by atoms with van der Waals surface area (Å²) < 4.78 is 0. The molecule has 1 N–H and O–H groups in total. The maximum Gasteiger partial charge on any atom is 0.303 e. The highest BCUT2D eigenvalue weighted by Crippen LogP contribution is 2.25. The van der Waals surface area contributed by atoms with Crippen LogP contribution in [0.3, 0.4) is 0 Å². The summed E-state index contributed by atoms with van der Waals surface area (Å²) in [6.45, 7) is 0. The average Bonchev–Trinajstić information content (AvgIpc) is 2.67. The Kier molecular flexibility index (Phi) is 5.87. The van der Waals surface area contributed by atoms with Gasteiger partial charge in [-0.15, -0.1) is 0 Å². The molecule has 17 heavy (non-hydrogen) atoms. The molecule has 0 amide bonds. The van der Waals surface area contributed by atoms with E-state index in [0.29, 0.717) is 44.3 Å². The summed E-state index contributed by atoms with van der Waals surface area (Å²) in [5.41, 5.74) is 0. The van der Waals surface area contributed by atoms with Gasteiger partial charge in [0.05, 0.1) is 0 Å².